The van der Waals surface area contributed by atoms with Crippen molar-refractivity contribution >= 4 is 38.9 Å². The summed E-state index contributed by atoms with van der Waals surface area (Å²) in [6.45, 7) is 0. The molecule has 32 heavy (non-hydrogen) atoms. The fraction of sp³-hybridized carbons (Fsp3) is 0.0952. The minimum Gasteiger partial charge on any atom is -0.495 e. The maximum absolute atomic E-state index is 12.7. The average Bonchev–Trinajstić information content (AvgIpc) is 2.73. The minimum absolute atomic E-state index is 0.0571. The lowest BCUT2D eigenvalue weighted by Crippen LogP contribution is -2.16. The number of benzene rings is 3. The quantitative estimate of drug-likeness (QED) is 0.489. The molecule has 11 heteroatoms. The van der Waals surface area contributed by atoms with E-state index < -0.39 is 27.7 Å². The lowest BCUT2D eigenvalue weighted by Gasteiger charge is -2.14. The third kappa shape index (κ3) is 5.51. The minimum atomic E-state index is -4.54. The van der Waals surface area contributed by atoms with Gasteiger partial charge in [0.25, 0.3) is 15.9 Å². The Morgan fingerprint density at radius 1 is 1.00 bits per heavy atom. The molecule has 6 nitrogen and oxygen atoms in total. The number of nitrogens with one attached hydrogen (secondary N) is 2. The molecular weight excluding hydrogens is 469 g/mol. The van der Waals surface area contributed by atoms with Gasteiger partial charge in [-0.25, -0.2) is 8.42 Å². The zero-order valence-corrected chi connectivity index (χ0v) is 18.0. The number of halogens is 4. The fourth-order valence-electron chi connectivity index (χ4n) is 2.72. The Morgan fingerprint density at radius 2 is 1.69 bits per heavy atom. The van der Waals surface area contributed by atoms with Gasteiger partial charge in [-0.2, -0.15) is 13.2 Å². The highest BCUT2D eigenvalue weighted by Crippen LogP contribution is 2.31. The van der Waals surface area contributed by atoms with E-state index in [-0.39, 0.29) is 27.6 Å². The maximum Gasteiger partial charge on any atom is 0.416 e. The molecule has 0 unspecified atom stereocenters. The van der Waals surface area contributed by atoms with Crippen LogP contribution in [0.3, 0.4) is 0 Å². The predicted molar refractivity (Wildman–Crippen MR) is 115 cm³/mol. The van der Waals surface area contributed by atoms with E-state index >= 15 is 0 Å². The molecule has 0 aliphatic rings. The van der Waals surface area contributed by atoms with Gasteiger partial charge in [-0.05, 0) is 60.7 Å². The Morgan fingerprint density at radius 3 is 2.28 bits per heavy atom. The first-order valence-electron chi connectivity index (χ1n) is 8.94. The van der Waals surface area contributed by atoms with Crippen LogP contribution < -0.4 is 14.8 Å². The van der Waals surface area contributed by atoms with Crippen molar-refractivity contribution in [2.75, 3.05) is 17.1 Å². The molecular formula is C21H16ClF3N2O4S. The van der Waals surface area contributed by atoms with Gasteiger partial charge in [-0.3, -0.25) is 9.52 Å². The lowest BCUT2D eigenvalue weighted by molar-refractivity contribution is -0.137. The van der Waals surface area contributed by atoms with Crippen molar-refractivity contribution in [2.45, 2.75) is 11.1 Å². The summed E-state index contributed by atoms with van der Waals surface area (Å²) in [5, 5.41) is 2.91. The molecule has 0 bridgehead atoms. The van der Waals surface area contributed by atoms with Gasteiger partial charge >= 0.3 is 6.18 Å². The number of hydrogen-bond acceptors (Lipinski definition) is 4. The topological polar surface area (TPSA) is 84.5 Å². The number of rotatable bonds is 6. The Labute approximate surface area is 187 Å². The number of anilines is 2. The number of alkyl halides is 3. The van der Waals surface area contributed by atoms with Gasteiger partial charge in [-0.15, -0.1) is 0 Å². The Hall–Kier alpha value is -3.24. The van der Waals surface area contributed by atoms with Crippen molar-refractivity contribution in [1.29, 1.82) is 0 Å². The zero-order chi connectivity index (χ0) is 23.5. The molecule has 0 radical (unpaired) electrons. The molecule has 0 fully saturated rings. The van der Waals surface area contributed by atoms with Crippen LogP contribution in [0.2, 0.25) is 5.02 Å². The van der Waals surface area contributed by atoms with E-state index in [1.54, 1.807) is 12.1 Å². The van der Waals surface area contributed by atoms with Crippen LogP contribution >= 0.6 is 11.6 Å². The van der Waals surface area contributed by atoms with E-state index in [2.05, 4.69) is 10.0 Å². The maximum atomic E-state index is 12.7. The summed E-state index contributed by atoms with van der Waals surface area (Å²) < 4.78 is 70.9. The molecule has 168 valence electrons. The monoisotopic (exact) mass is 484 g/mol. The molecule has 0 spiro atoms. The van der Waals surface area contributed by atoms with Crippen molar-refractivity contribution in [3.8, 4) is 5.75 Å². The Bertz CT molecular complexity index is 1250. The molecule has 0 saturated heterocycles. The van der Waals surface area contributed by atoms with Gasteiger partial charge in [0.15, 0.2) is 0 Å². The second-order valence-corrected chi connectivity index (χ2v) is 8.63. The summed E-state index contributed by atoms with van der Waals surface area (Å²) in [6, 6.07) is 13.4. The molecule has 3 aromatic rings. The molecule has 1 amide bonds. The molecule has 0 aliphatic carbocycles. The SMILES string of the molecule is COc1ccc(S(=O)(=O)Nc2ccc(C(F)(F)F)cc2)cc1NC(=O)c1cccc(Cl)c1. The van der Waals surface area contributed by atoms with Crippen LogP contribution in [0.1, 0.15) is 15.9 Å². The third-order valence-corrected chi connectivity index (χ3v) is 5.89. The zero-order valence-electron chi connectivity index (χ0n) is 16.4. The van der Waals surface area contributed by atoms with Crippen molar-refractivity contribution in [1.82, 2.24) is 0 Å². The largest absolute Gasteiger partial charge is 0.495 e. The summed E-state index contributed by atoms with van der Waals surface area (Å²) >= 11 is 5.89. The first kappa shape index (κ1) is 23.4. The second kappa shape index (κ2) is 9.09. The third-order valence-electron chi connectivity index (χ3n) is 4.28. The number of carbonyl (C=O) groups is 1. The number of sulfonamides is 1. The summed E-state index contributed by atoms with van der Waals surface area (Å²) in [7, 11) is -2.83. The highest BCUT2D eigenvalue weighted by atomic mass is 35.5. The summed E-state index contributed by atoms with van der Waals surface area (Å²) in [4.78, 5) is 12.3. The van der Waals surface area contributed by atoms with Crippen LogP contribution in [0.5, 0.6) is 5.75 Å². The Kier molecular flexibility index (Phi) is 6.65. The van der Waals surface area contributed by atoms with E-state index in [4.69, 9.17) is 16.3 Å². The van der Waals surface area contributed by atoms with Crippen LogP contribution in [-0.4, -0.2) is 21.4 Å². The molecule has 0 aliphatic heterocycles. The van der Waals surface area contributed by atoms with E-state index in [1.165, 1.54) is 37.4 Å². The highest BCUT2D eigenvalue weighted by molar-refractivity contribution is 7.92. The number of hydrogen-bond donors (Lipinski definition) is 2. The van der Waals surface area contributed by atoms with E-state index in [0.29, 0.717) is 5.02 Å². The van der Waals surface area contributed by atoms with Gasteiger partial charge in [0.05, 0.1) is 23.3 Å². The highest BCUT2D eigenvalue weighted by Gasteiger charge is 2.30. The van der Waals surface area contributed by atoms with Crippen molar-refractivity contribution < 1.29 is 31.1 Å². The van der Waals surface area contributed by atoms with Crippen LogP contribution in [0.15, 0.2) is 71.6 Å². The standard InChI is InChI=1S/C21H16ClF3N2O4S/c1-31-19-10-9-17(12-18(19)26-20(28)13-3-2-4-15(22)11-13)32(29,30)27-16-7-5-14(6-8-16)21(23,24)25/h2-12,27H,1H3,(H,26,28). The van der Waals surface area contributed by atoms with Crippen molar-refractivity contribution in [3.63, 3.8) is 0 Å². The number of methoxy groups -OCH3 is 1. The van der Waals surface area contributed by atoms with Crippen LogP contribution in [-0.2, 0) is 16.2 Å². The molecule has 0 heterocycles. The first-order valence-corrected chi connectivity index (χ1v) is 10.8. The van der Waals surface area contributed by atoms with Gasteiger partial charge < -0.3 is 10.1 Å². The van der Waals surface area contributed by atoms with Gasteiger partial charge in [0.1, 0.15) is 5.75 Å². The van der Waals surface area contributed by atoms with E-state index in [9.17, 15) is 26.4 Å². The predicted octanol–water partition coefficient (Wildman–Crippen LogP) is 5.42. The van der Waals surface area contributed by atoms with Crippen LogP contribution in [0.4, 0.5) is 24.5 Å². The molecule has 0 atom stereocenters. The van der Waals surface area contributed by atoms with Crippen molar-refractivity contribution in [2.24, 2.45) is 0 Å². The van der Waals surface area contributed by atoms with Crippen LogP contribution in [0.25, 0.3) is 0 Å². The van der Waals surface area contributed by atoms with Crippen molar-refractivity contribution in [3.05, 3.63) is 82.9 Å². The number of amides is 1. The Balaban J connectivity index is 1.86. The van der Waals surface area contributed by atoms with E-state index in [0.717, 1.165) is 24.3 Å². The molecule has 3 rings (SSSR count). The summed E-state index contributed by atoms with van der Waals surface area (Å²) in [6.07, 6.45) is -4.54. The van der Waals surface area contributed by atoms with Gasteiger partial charge in [0, 0.05) is 16.3 Å². The van der Waals surface area contributed by atoms with Gasteiger partial charge in [0.2, 0.25) is 0 Å². The van der Waals surface area contributed by atoms with E-state index in [1.807, 2.05) is 0 Å². The smallest absolute Gasteiger partial charge is 0.416 e. The lowest BCUT2D eigenvalue weighted by atomic mass is 10.2. The number of carbonyl (C=O) groups excluding carboxylic acids is 1. The first-order chi connectivity index (χ1) is 15.0. The molecule has 0 saturated carbocycles. The fourth-order valence-corrected chi connectivity index (χ4v) is 3.99. The molecule has 3 aromatic carbocycles. The summed E-state index contributed by atoms with van der Waals surface area (Å²) in [5.74, 6) is -0.343. The van der Waals surface area contributed by atoms with Gasteiger partial charge in [-0.1, -0.05) is 17.7 Å². The summed E-state index contributed by atoms with van der Waals surface area (Å²) in [5.41, 5.74) is -0.641. The molecule has 2 N–H and O–H groups in total. The van der Waals surface area contributed by atoms with Crippen LogP contribution in [0, 0.1) is 0 Å². The normalized spacial score (nSPS) is 11.7. The number of ether oxygens (including phenoxy) is 1. The second-order valence-electron chi connectivity index (χ2n) is 6.51. The molecule has 0 aromatic heterocycles. The average molecular weight is 485 g/mol.